The Morgan fingerprint density at radius 3 is 2.52 bits per heavy atom. The number of carbonyl (C=O) groups excluding carboxylic acids is 2. The second kappa shape index (κ2) is 11.2. The van der Waals surface area contributed by atoms with E-state index < -0.39 is 0 Å². The standard InChI is InChI=1S/C33H33N5O2/c1-22-13-14-28(32(39)34-18-15-25-21-35-29-11-5-4-10-27(25)29)31(36-22)24-16-19-38(20-17-24)33(40)37-30-12-6-8-23-7-2-3-9-26(23)30/h2-14,21,24,35H,15-20H2,1H3,(H,34,39)(H,37,40). The normalized spacial score (nSPS) is 14.0. The van der Waals surface area contributed by atoms with Gasteiger partial charge in [-0.3, -0.25) is 9.78 Å². The molecular weight excluding hydrogens is 498 g/mol. The molecule has 3 aromatic carbocycles. The first-order valence-electron chi connectivity index (χ1n) is 13.9. The van der Waals surface area contributed by atoms with Crippen molar-refractivity contribution in [2.24, 2.45) is 0 Å². The number of pyridine rings is 1. The molecular formula is C33H33N5O2. The van der Waals surface area contributed by atoms with Crippen LogP contribution in [0.25, 0.3) is 21.7 Å². The van der Waals surface area contributed by atoms with Crippen molar-refractivity contribution in [3.8, 4) is 0 Å². The SMILES string of the molecule is Cc1ccc(C(=O)NCCc2c[nH]c3ccccc23)c(C2CCN(C(=O)Nc3cccc4ccccc34)CC2)n1. The van der Waals surface area contributed by atoms with E-state index in [-0.39, 0.29) is 17.9 Å². The minimum atomic E-state index is -0.0986. The first-order valence-corrected chi connectivity index (χ1v) is 13.9. The molecule has 0 bridgehead atoms. The summed E-state index contributed by atoms with van der Waals surface area (Å²) >= 11 is 0. The molecule has 3 amide bonds. The average Bonchev–Trinajstić information content (AvgIpc) is 3.40. The molecule has 3 heterocycles. The zero-order valence-electron chi connectivity index (χ0n) is 22.6. The van der Waals surface area contributed by atoms with Gasteiger partial charge in [0.25, 0.3) is 5.91 Å². The quantitative estimate of drug-likeness (QED) is 0.237. The molecule has 0 unspecified atom stereocenters. The maximum atomic E-state index is 13.3. The fourth-order valence-electron chi connectivity index (χ4n) is 5.71. The van der Waals surface area contributed by atoms with Crippen LogP contribution >= 0.6 is 0 Å². The third-order valence-electron chi connectivity index (χ3n) is 7.86. The van der Waals surface area contributed by atoms with E-state index in [0.717, 1.165) is 52.6 Å². The fraction of sp³-hybridized carbons (Fsp3) is 0.242. The smallest absolute Gasteiger partial charge is 0.321 e. The number of amides is 3. The Bertz CT molecular complexity index is 1680. The molecule has 3 N–H and O–H groups in total. The lowest BCUT2D eigenvalue weighted by Crippen LogP contribution is -2.41. The molecule has 1 fully saturated rings. The molecule has 1 aliphatic rings. The Hall–Kier alpha value is -4.65. The van der Waals surface area contributed by atoms with Gasteiger partial charge in [0.15, 0.2) is 0 Å². The summed E-state index contributed by atoms with van der Waals surface area (Å²) in [4.78, 5) is 36.3. The first-order chi connectivity index (χ1) is 19.6. The number of likely N-dealkylation sites (tertiary alicyclic amines) is 1. The van der Waals surface area contributed by atoms with Crippen molar-refractivity contribution < 1.29 is 9.59 Å². The van der Waals surface area contributed by atoms with Crippen molar-refractivity contribution in [2.75, 3.05) is 25.0 Å². The summed E-state index contributed by atoms with van der Waals surface area (Å²) in [5.74, 6) is 0.0225. The number of carbonyl (C=O) groups is 2. The lowest BCUT2D eigenvalue weighted by atomic mass is 9.90. The predicted molar refractivity (Wildman–Crippen MR) is 160 cm³/mol. The largest absolute Gasteiger partial charge is 0.361 e. The number of benzene rings is 3. The summed E-state index contributed by atoms with van der Waals surface area (Å²) in [6.07, 6.45) is 4.28. The number of para-hydroxylation sites is 1. The highest BCUT2D eigenvalue weighted by Crippen LogP contribution is 2.30. The number of piperidine rings is 1. The van der Waals surface area contributed by atoms with Crippen LogP contribution in [0.2, 0.25) is 0 Å². The number of rotatable bonds is 6. The van der Waals surface area contributed by atoms with E-state index in [2.05, 4.69) is 27.8 Å². The maximum Gasteiger partial charge on any atom is 0.321 e. The van der Waals surface area contributed by atoms with Crippen molar-refractivity contribution in [1.82, 2.24) is 20.2 Å². The van der Waals surface area contributed by atoms with Crippen molar-refractivity contribution in [3.63, 3.8) is 0 Å². The summed E-state index contributed by atoms with van der Waals surface area (Å²) in [5, 5.41) is 9.51. The second-order valence-corrected chi connectivity index (χ2v) is 10.5. The fourth-order valence-corrected chi connectivity index (χ4v) is 5.71. The maximum absolute atomic E-state index is 13.3. The Morgan fingerprint density at radius 2 is 1.68 bits per heavy atom. The minimum absolute atomic E-state index is 0.0951. The van der Waals surface area contributed by atoms with E-state index in [1.54, 1.807) is 0 Å². The number of hydrogen-bond acceptors (Lipinski definition) is 3. The molecule has 6 rings (SSSR count). The van der Waals surface area contributed by atoms with Crippen LogP contribution in [-0.2, 0) is 6.42 Å². The van der Waals surface area contributed by atoms with Gasteiger partial charge in [-0.15, -0.1) is 0 Å². The van der Waals surface area contributed by atoms with E-state index in [0.29, 0.717) is 25.2 Å². The van der Waals surface area contributed by atoms with Gasteiger partial charge in [0, 0.05) is 53.7 Å². The Balaban J connectivity index is 1.09. The summed E-state index contributed by atoms with van der Waals surface area (Å²) < 4.78 is 0. The Kier molecular flexibility index (Phi) is 7.19. The second-order valence-electron chi connectivity index (χ2n) is 10.5. The van der Waals surface area contributed by atoms with Crippen LogP contribution in [-0.4, -0.2) is 46.4 Å². The van der Waals surface area contributed by atoms with Crippen molar-refractivity contribution in [1.29, 1.82) is 0 Å². The molecule has 40 heavy (non-hydrogen) atoms. The van der Waals surface area contributed by atoms with Crippen LogP contribution in [0, 0.1) is 6.92 Å². The highest BCUT2D eigenvalue weighted by Gasteiger charge is 2.28. The number of aryl methyl sites for hydroxylation is 1. The van der Waals surface area contributed by atoms with Crippen LogP contribution < -0.4 is 10.6 Å². The van der Waals surface area contributed by atoms with E-state index >= 15 is 0 Å². The Labute approximate surface area is 233 Å². The third kappa shape index (κ3) is 5.27. The summed E-state index contributed by atoms with van der Waals surface area (Å²) in [5.41, 5.74) is 5.46. The molecule has 1 aliphatic heterocycles. The van der Waals surface area contributed by atoms with Gasteiger partial charge in [0.1, 0.15) is 0 Å². The number of aromatic nitrogens is 2. The molecule has 7 nitrogen and oxygen atoms in total. The van der Waals surface area contributed by atoms with Gasteiger partial charge in [-0.1, -0.05) is 54.6 Å². The number of nitrogens with zero attached hydrogens (tertiary/aromatic N) is 2. The number of hydrogen-bond donors (Lipinski definition) is 3. The highest BCUT2D eigenvalue weighted by atomic mass is 16.2. The minimum Gasteiger partial charge on any atom is -0.361 e. The summed E-state index contributed by atoms with van der Waals surface area (Å²) in [6.45, 7) is 3.72. The number of nitrogens with one attached hydrogen (secondary N) is 3. The molecule has 1 saturated heterocycles. The zero-order valence-corrected chi connectivity index (χ0v) is 22.6. The molecule has 7 heteroatoms. The number of H-pyrrole nitrogens is 1. The highest BCUT2D eigenvalue weighted by molar-refractivity contribution is 6.01. The van der Waals surface area contributed by atoms with Gasteiger partial charge in [-0.2, -0.15) is 0 Å². The van der Waals surface area contributed by atoms with Gasteiger partial charge in [-0.25, -0.2) is 4.79 Å². The number of urea groups is 1. The van der Waals surface area contributed by atoms with Gasteiger partial charge >= 0.3 is 6.03 Å². The topological polar surface area (TPSA) is 90.1 Å². The number of fused-ring (bicyclic) bond motifs is 2. The summed E-state index contributed by atoms with van der Waals surface area (Å²) in [7, 11) is 0. The molecule has 0 saturated carbocycles. The van der Waals surface area contributed by atoms with E-state index in [4.69, 9.17) is 4.98 Å². The monoisotopic (exact) mass is 531 g/mol. The third-order valence-corrected chi connectivity index (χ3v) is 7.86. The van der Waals surface area contributed by atoms with Crippen LogP contribution in [0.15, 0.2) is 85.1 Å². The van der Waals surface area contributed by atoms with E-state index in [1.807, 2.05) is 84.8 Å². The van der Waals surface area contributed by atoms with E-state index in [1.165, 1.54) is 10.9 Å². The molecule has 2 aromatic heterocycles. The molecule has 5 aromatic rings. The van der Waals surface area contributed by atoms with Gasteiger partial charge < -0.3 is 20.5 Å². The average molecular weight is 532 g/mol. The van der Waals surface area contributed by atoms with Gasteiger partial charge in [0.05, 0.1) is 16.9 Å². The lowest BCUT2D eigenvalue weighted by Gasteiger charge is -2.32. The number of anilines is 1. The van der Waals surface area contributed by atoms with Gasteiger partial charge in [-0.05, 0) is 61.4 Å². The lowest BCUT2D eigenvalue weighted by molar-refractivity contribution is 0.0951. The van der Waals surface area contributed by atoms with Crippen molar-refractivity contribution in [2.45, 2.75) is 32.1 Å². The van der Waals surface area contributed by atoms with Gasteiger partial charge in [0.2, 0.25) is 0 Å². The summed E-state index contributed by atoms with van der Waals surface area (Å²) in [6, 6.07) is 25.9. The zero-order chi connectivity index (χ0) is 27.5. The van der Waals surface area contributed by atoms with Crippen LogP contribution in [0.5, 0.6) is 0 Å². The molecule has 0 radical (unpaired) electrons. The van der Waals surface area contributed by atoms with Crippen LogP contribution in [0.1, 0.15) is 46.1 Å². The van der Waals surface area contributed by atoms with E-state index in [9.17, 15) is 9.59 Å². The molecule has 0 atom stereocenters. The first kappa shape index (κ1) is 25.6. The molecule has 202 valence electrons. The van der Waals surface area contributed by atoms with Crippen molar-refractivity contribution >= 4 is 39.3 Å². The molecule has 0 aliphatic carbocycles. The molecule has 0 spiro atoms. The van der Waals surface area contributed by atoms with Crippen LogP contribution in [0.4, 0.5) is 10.5 Å². The Morgan fingerprint density at radius 1 is 0.925 bits per heavy atom. The van der Waals surface area contributed by atoms with Crippen molar-refractivity contribution in [3.05, 3.63) is 108 Å². The number of aromatic amines is 1. The van der Waals surface area contributed by atoms with Crippen LogP contribution in [0.3, 0.4) is 0 Å². The predicted octanol–water partition coefficient (Wildman–Crippen LogP) is 6.41.